The van der Waals surface area contributed by atoms with Crippen molar-refractivity contribution in [2.45, 2.75) is 64.4 Å². The van der Waals surface area contributed by atoms with Crippen LogP contribution < -0.4 is 46.5 Å². The molecule has 4 heterocycles. The molecular formula is C46H50BrClF2N8O6. The molecule has 14 nitrogen and oxygen atoms in total. The molecule has 3 atom stereocenters. The van der Waals surface area contributed by atoms with E-state index in [0.29, 0.717) is 43.4 Å². The Bertz CT molecular complexity index is 2580. The summed E-state index contributed by atoms with van der Waals surface area (Å²) in [5, 5.41) is 19.2. The van der Waals surface area contributed by atoms with Gasteiger partial charge in [-0.15, -0.1) is 4.68 Å². The van der Waals surface area contributed by atoms with Crippen LogP contribution in [0.5, 0.6) is 11.5 Å². The molecule has 1 unspecified atom stereocenters. The van der Waals surface area contributed by atoms with Crippen LogP contribution in [0.1, 0.15) is 44.2 Å². The minimum atomic E-state index is -1.12. The third kappa shape index (κ3) is 10.8. The summed E-state index contributed by atoms with van der Waals surface area (Å²) in [6.07, 6.45) is 6.18. The number of carbonyl (C=O) groups excluding carboxylic acids is 1. The number of piperazine rings is 1. The molecule has 6 aromatic rings. The smallest absolute Gasteiger partial charge is 0.350 e. The van der Waals surface area contributed by atoms with Gasteiger partial charge in [0.1, 0.15) is 41.6 Å². The lowest BCUT2D eigenvalue weighted by Crippen LogP contribution is -3.00. The molecule has 8 rings (SSSR count). The van der Waals surface area contributed by atoms with Crippen LogP contribution in [0.4, 0.5) is 20.2 Å². The summed E-state index contributed by atoms with van der Waals surface area (Å²) in [6.45, 7) is 8.01. The van der Waals surface area contributed by atoms with E-state index < -0.39 is 29.3 Å². The molecule has 2 aromatic heterocycles. The summed E-state index contributed by atoms with van der Waals surface area (Å²) in [6, 6.07) is 24.6. The monoisotopic (exact) mass is 962 g/mol. The zero-order valence-electron chi connectivity index (χ0n) is 35.5. The Kier molecular flexibility index (Phi) is 14.8. The zero-order valence-corrected chi connectivity index (χ0v) is 37.9. The molecule has 2 fully saturated rings. The molecule has 2 aliphatic heterocycles. The first kappa shape index (κ1) is 46.4. The molecule has 0 spiro atoms. The Morgan fingerprint density at radius 3 is 2.31 bits per heavy atom. The largest absolute Gasteiger partial charge is 1.00 e. The molecule has 64 heavy (non-hydrogen) atoms. The van der Waals surface area contributed by atoms with E-state index in [1.807, 2.05) is 47.9 Å². The van der Waals surface area contributed by atoms with E-state index >= 15 is 4.39 Å². The van der Waals surface area contributed by atoms with Gasteiger partial charge in [-0.2, -0.15) is 5.10 Å². The van der Waals surface area contributed by atoms with Gasteiger partial charge in [0.05, 0.1) is 43.1 Å². The van der Waals surface area contributed by atoms with Crippen molar-refractivity contribution < 1.29 is 54.4 Å². The molecule has 0 bridgehead atoms. The Labute approximate surface area is 384 Å². The normalized spacial score (nSPS) is 17.9. The van der Waals surface area contributed by atoms with E-state index in [0.717, 1.165) is 61.3 Å². The van der Waals surface area contributed by atoms with Crippen molar-refractivity contribution in [3.8, 4) is 17.2 Å². The Morgan fingerprint density at radius 1 is 0.969 bits per heavy atom. The van der Waals surface area contributed by atoms with Crippen LogP contribution in [0.3, 0.4) is 0 Å². The van der Waals surface area contributed by atoms with Crippen molar-refractivity contribution in [1.29, 1.82) is 0 Å². The summed E-state index contributed by atoms with van der Waals surface area (Å²) in [5.74, 6) is -0.917. The number of rotatable bonds is 16. The van der Waals surface area contributed by atoms with Gasteiger partial charge < -0.3 is 46.1 Å². The van der Waals surface area contributed by atoms with Crippen molar-refractivity contribution in [3.63, 3.8) is 0 Å². The quantitative estimate of drug-likeness (QED) is 0.0879. The van der Waals surface area contributed by atoms with Crippen LogP contribution in [-0.2, 0) is 34.8 Å². The fraction of sp³-hybridized carbons (Fsp3) is 0.370. The Balaban J connectivity index is 0.00000612. The molecule has 0 radical (unpaired) electrons. The summed E-state index contributed by atoms with van der Waals surface area (Å²) < 4.78 is 53.6. The highest BCUT2D eigenvalue weighted by Crippen LogP contribution is 2.42. The average Bonchev–Trinajstić information content (AvgIpc) is 4.00. The predicted molar refractivity (Wildman–Crippen MR) is 231 cm³/mol. The maximum absolute atomic E-state index is 15.4. The number of halogens is 4. The molecule has 338 valence electrons. The molecular weight excluding hydrogens is 914 g/mol. The predicted octanol–water partition coefficient (Wildman–Crippen LogP) is 2.93. The maximum atomic E-state index is 15.4. The van der Waals surface area contributed by atoms with E-state index in [1.54, 1.807) is 35.5 Å². The number of aliphatic hydroxyl groups excluding tert-OH is 1. The summed E-state index contributed by atoms with van der Waals surface area (Å²) >= 11 is 6.33. The van der Waals surface area contributed by atoms with Gasteiger partial charge in [-0.3, -0.25) is 4.79 Å². The lowest BCUT2D eigenvalue weighted by atomic mass is 9.87. The second-order valence-electron chi connectivity index (χ2n) is 16.2. The molecule has 18 heteroatoms. The van der Waals surface area contributed by atoms with Gasteiger partial charge >= 0.3 is 11.7 Å². The van der Waals surface area contributed by atoms with Crippen LogP contribution in [0.15, 0.2) is 109 Å². The summed E-state index contributed by atoms with van der Waals surface area (Å²) in [5.41, 5.74) is 2.58. The van der Waals surface area contributed by atoms with E-state index in [9.17, 15) is 19.1 Å². The average molecular weight is 964 g/mol. The highest BCUT2D eigenvalue weighted by Gasteiger charge is 2.46. The number of aromatic nitrogens is 6. The summed E-state index contributed by atoms with van der Waals surface area (Å²) in [7, 11) is 0. The number of benzene rings is 4. The summed E-state index contributed by atoms with van der Waals surface area (Å²) in [4.78, 5) is 28.9. The minimum Gasteiger partial charge on any atom is -1.00 e. The fourth-order valence-electron chi connectivity index (χ4n) is 8.37. The minimum absolute atomic E-state index is 0. The third-order valence-corrected chi connectivity index (χ3v) is 11.8. The Hall–Kier alpha value is -5.62. The Morgan fingerprint density at radius 2 is 1.66 bits per heavy atom. The lowest BCUT2D eigenvalue weighted by Gasteiger charge is -2.37. The van der Waals surface area contributed by atoms with Crippen LogP contribution in [0, 0.1) is 17.6 Å². The van der Waals surface area contributed by atoms with Crippen molar-refractivity contribution in [1.82, 2.24) is 24.1 Å². The van der Waals surface area contributed by atoms with Gasteiger partial charge in [0, 0.05) is 67.1 Å². The lowest BCUT2D eigenvalue weighted by molar-refractivity contribution is -0.689. The number of nitrogens with zero attached hydrogens (tertiary/aromatic N) is 8. The number of ether oxygens (including phenoxy) is 3. The van der Waals surface area contributed by atoms with Crippen molar-refractivity contribution >= 4 is 28.9 Å². The van der Waals surface area contributed by atoms with Gasteiger partial charge in [0.2, 0.25) is 6.33 Å². The van der Waals surface area contributed by atoms with Crippen LogP contribution in [-0.4, -0.2) is 80.7 Å². The number of aliphatic hydroxyl groups is 1. The van der Waals surface area contributed by atoms with E-state index in [1.165, 1.54) is 34.6 Å². The number of hydrogen-bond acceptors (Lipinski definition) is 10. The SMILES string of the molecule is CCC[C@@H](O)Cn1ncn(-c2ccc(N3CCN(c4ccc(OCC5CO[C@](Cn6c[n+](Cc7ccc(OC(C)=O)c(Cl)c7)cn6)(c6ccc(F)cc6F)C5)cc4)CC3)cc2)c1=O.[Br-]. The van der Waals surface area contributed by atoms with Gasteiger partial charge in [-0.25, -0.2) is 27.4 Å². The van der Waals surface area contributed by atoms with Gasteiger partial charge in [-0.1, -0.05) is 37.1 Å². The fourth-order valence-corrected chi connectivity index (χ4v) is 8.61. The molecule has 0 amide bonds. The van der Waals surface area contributed by atoms with Gasteiger partial charge in [-0.05, 0) is 85.1 Å². The number of esters is 1. The molecule has 2 saturated heterocycles. The molecule has 4 aromatic carbocycles. The first-order valence-corrected chi connectivity index (χ1v) is 21.5. The van der Waals surface area contributed by atoms with Crippen molar-refractivity contribution in [3.05, 3.63) is 142 Å². The molecule has 0 saturated carbocycles. The zero-order chi connectivity index (χ0) is 44.1. The van der Waals surface area contributed by atoms with Crippen molar-refractivity contribution in [2.75, 3.05) is 49.2 Å². The second-order valence-corrected chi connectivity index (χ2v) is 16.6. The number of carbonyl (C=O) groups is 1. The van der Waals surface area contributed by atoms with Crippen LogP contribution in [0.2, 0.25) is 5.02 Å². The molecule has 0 aliphatic carbocycles. The highest BCUT2D eigenvalue weighted by molar-refractivity contribution is 6.32. The first-order valence-electron chi connectivity index (χ1n) is 21.1. The van der Waals surface area contributed by atoms with Crippen LogP contribution >= 0.6 is 11.6 Å². The highest BCUT2D eigenvalue weighted by atomic mass is 79.9. The van der Waals surface area contributed by atoms with Crippen molar-refractivity contribution in [2.24, 2.45) is 5.92 Å². The molecule has 1 N–H and O–H groups in total. The number of anilines is 2. The maximum Gasteiger partial charge on any atom is 0.350 e. The topological polar surface area (TPSA) is 133 Å². The molecule has 2 aliphatic rings. The third-order valence-electron chi connectivity index (χ3n) is 11.5. The van der Waals surface area contributed by atoms with E-state index in [2.05, 4.69) is 32.1 Å². The van der Waals surface area contributed by atoms with E-state index in [4.69, 9.17) is 25.8 Å². The first-order chi connectivity index (χ1) is 30.4. The second kappa shape index (κ2) is 20.5. The number of hydrogen-bond donors (Lipinski definition) is 1. The van der Waals surface area contributed by atoms with Gasteiger partial charge in [0.15, 0.2) is 0 Å². The standard InChI is InChI=1S/C46H50ClF2N8O6.BrH/c1-3-4-39(59)25-57-45(60)56(30-51-57)38-9-7-36(8-10-38)53-17-19-54(20-18-53)37-11-13-40(14-12-37)61-26-34-23-46(62-27-34,41-15-6-35(48)22-43(41)49)28-55-31-52(29-50-55)24-33-5-16-44(42(47)21-33)63-32(2)58;/h5-16,21-22,29-31,34,39,59H,3-4,17-20,23-28H2,1-2H3;1H/q+1;/p-1/t34?,39-,46-;/m1./s1. The van der Waals surface area contributed by atoms with Gasteiger partial charge in [0.25, 0.3) is 6.33 Å². The van der Waals surface area contributed by atoms with Crippen LogP contribution in [0.25, 0.3) is 5.69 Å². The van der Waals surface area contributed by atoms with E-state index in [-0.39, 0.29) is 53.0 Å².